The first-order chi connectivity index (χ1) is 12.0. The third-order valence-corrected chi connectivity index (χ3v) is 4.19. The molecule has 132 valence electrons. The molecule has 1 amide bonds. The highest BCUT2D eigenvalue weighted by atomic mass is 32.2. The molecule has 0 atom stereocenters. The highest BCUT2D eigenvalue weighted by Gasteiger charge is 2.11. The number of hydrogen-bond acceptors (Lipinski definition) is 6. The van der Waals surface area contributed by atoms with Gasteiger partial charge in [0.15, 0.2) is 5.16 Å². The number of carbonyl (C=O) groups is 2. The molecule has 0 unspecified atom stereocenters. The van der Waals surface area contributed by atoms with Gasteiger partial charge in [0.1, 0.15) is 5.82 Å². The number of carbonyl (C=O) groups excluding carboxylic acids is 2. The second-order valence-electron chi connectivity index (χ2n) is 5.06. The van der Waals surface area contributed by atoms with Crippen molar-refractivity contribution in [1.29, 1.82) is 0 Å². The molecule has 0 aliphatic heterocycles. The van der Waals surface area contributed by atoms with Crippen LogP contribution in [0, 0.1) is 6.92 Å². The van der Waals surface area contributed by atoms with Crippen LogP contribution in [0.1, 0.15) is 23.1 Å². The minimum atomic E-state index is -0.382. The van der Waals surface area contributed by atoms with Gasteiger partial charge in [-0.1, -0.05) is 17.8 Å². The zero-order valence-corrected chi connectivity index (χ0v) is 15.0. The van der Waals surface area contributed by atoms with Crippen LogP contribution in [0.5, 0.6) is 0 Å². The largest absolute Gasteiger partial charge is 0.462 e. The molecule has 8 heteroatoms. The van der Waals surface area contributed by atoms with E-state index in [0.29, 0.717) is 29.6 Å². The number of nitrogens with one attached hydrogen (secondary N) is 1. The van der Waals surface area contributed by atoms with Crippen molar-refractivity contribution < 1.29 is 14.3 Å². The molecule has 0 radical (unpaired) electrons. The lowest BCUT2D eigenvalue weighted by atomic mass is 10.2. The number of anilines is 1. The Balaban J connectivity index is 1.90. The van der Waals surface area contributed by atoms with Gasteiger partial charge in [-0.3, -0.25) is 4.79 Å². The number of amides is 1. The average molecular weight is 360 g/mol. The van der Waals surface area contributed by atoms with Crippen LogP contribution in [-0.4, -0.2) is 39.0 Å². The zero-order chi connectivity index (χ0) is 18.2. The predicted molar refractivity (Wildman–Crippen MR) is 96.7 cm³/mol. The van der Waals surface area contributed by atoms with Crippen molar-refractivity contribution in [3.8, 4) is 0 Å². The van der Waals surface area contributed by atoms with Crippen LogP contribution in [0.3, 0.4) is 0 Å². The minimum Gasteiger partial charge on any atom is -0.462 e. The number of esters is 1. The first kappa shape index (κ1) is 18.7. The Morgan fingerprint density at radius 3 is 2.68 bits per heavy atom. The highest BCUT2D eigenvalue weighted by molar-refractivity contribution is 7.99. The molecule has 0 bridgehead atoms. The van der Waals surface area contributed by atoms with E-state index in [1.54, 1.807) is 37.3 Å². The van der Waals surface area contributed by atoms with Crippen LogP contribution in [0.25, 0.3) is 0 Å². The smallest absolute Gasteiger partial charge is 0.338 e. The first-order valence-electron chi connectivity index (χ1n) is 7.75. The standard InChI is InChI=1S/C17H20N4O3S/c1-4-10-21-12(3)19-20-17(21)25-11-15(22)18-14-8-6-13(7-9-14)16(23)24-5-2/h4,6-9H,1,5,10-11H2,2-3H3,(H,18,22). The number of thioether (sulfide) groups is 1. The fourth-order valence-corrected chi connectivity index (χ4v) is 2.83. The van der Waals surface area contributed by atoms with Gasteiger partial charge >= 0.3 is 5.97 Å². The third kappa shape index (κ3) is 5.18. The molecular weight excluding hydrogens is 340 g/mol. The number of nitrogens with zero attached hydrogens (tertiary/aromatic N) is 3. The summed E-state index contributed by atoms with van der Waals surface area (Å²) in [6, 6.07) is 6.56. The number of benzene rings is 1. The van der Waals surface area contributed by atoms with Crippen LogP contribution < -0.4 is 5.32 Å². The maximum atomic E-state index is 12.1. The molecule has 0 aliphatic carbocycles. The Hall–Kier alpha value is -2.61. The summed E-state index contributed by atoms with van der Waals surface area (Å²) < 4.78 is 6.81. The fourth-order valence-electron chi connectivity index (χ4n) is 2.04. The molecule has 2 rings (SSSR count). The van der Waals surface area contributed by atoms with Crippen molar-refractivity contribution in [1.82, 2.24) is 14.8 Å². The van der Waals surface area contributed by atoms with Gasteiger partial charge in [0.2, 0.25) is 5.91 Å². The molecule has 0 spiro atoms. The van der Waals surface area contributed by atoms with Crippen molar-refractivity contribution >= 4 is 29.3 Å². The number of rotatable bonds is 8. The van der Waals surface area contributed by atoms with Gasteiger partial charge in [-0.15, -0.1) is 16.8 Å². The molecule has 1 aromatic heterocycles. The Labute approximate surface area is 150 Å². The van der Waals surface area contributed by atoms with Crippen LogP contribution >= 0.6 is 11.8 Å². The number of hydrogen-bond donors (Lipinski definition) is 1. The lowest BCUT2D eigenvalue weighted by Crippen LogP contribution is -2.15. The van der Waals surface area contributed by atoms with E-state index in [-0.39, 0.29) is 17.6 Å². The van der Waals surface area contributed by atoms with E-state index in [9.17, 15) is 9.59 Å². The maximum absolute atomic E-state index is 12.1. The van der Waals surface area contributed by atoms with Crippen molar-refractivity contribution in [3.63, 3.8) is 0 Å². The van der Waals surface area contributed by atoms with Crippen LogP contribution in [0.2, 0.25) is 0 Å². The molecule has 1 heterocycles. The number of aryl methyl sites for hydroxylation is 1. The van der Waals surface area contributed by atoms with E-state index < -0.39 is 0 Å². The zero-order valence-electron chi connectivity index (χ0n) is 14.2. The summed E-state index contributed by atoms with van der Waals surface area (Å²) in [7, 11) is 0. The van der Waals surface area contributed by atoms with Crippen LogP contribution in [-0.2, 0) is 16.1 Å². The minimum absolute atomic E-state index is 0.167. The Kier molecular flexibility index (Phi) is 6.76. The van der Waals surface area contributed by atoms with E-state index in [1.807, 2.05) is 11.5 Å². The summed E-state index contributed by atoms with van der Waals surface area (Å²) in [5.74, 6) is 0.430. The molecule has 1 aromatic carbocycles. The quantitative estimate of drug-likeness (QED) is 0.442. The Bertz CT molecular complexity index is 756. The highest BCUT2D eigenvalue weighted by Crippen LogP contribution is 2.18. The second-order valence-corrected chi connectivity index (χ2v) is 6.01. The summed E-state index contributed by atoms with van der Waals surface area (Å²) in [6.07, 6.45) is 1.76. The van der Waals surface area contributed by atoms with Gasteiger partial charge in [-0.2, -0.15) is 0 Å². The SMILES string of the molecule is C=CCn1c(C)nnc1SCC(=O)Nc1ccc(C(=O)OCC)cc1. The molecular formula is C17H20N4O3S. The topological polar surface area (TPSA) is 86.1 Å². The Morgan fingerprint density at radius 2 is 2.04 bits per heavy atom. The van der Waals surface area contributed by atoms with Crippen LogP contribution in [0.15, 0.2) is 42.1 Å². The summed E-state index contributed by atoms with van der Waals surface area (Å²) in [5, 5.41) is 11.5. The molecule has 0 saturated heterocycles. The first-order valence-corrected chi connectivity index (χ1v) is 8.74. The molecule has 0 saturated carbocycles. The van der Waals surface area contributed by atoms with Crippen molar-refractivity contribution in [3.05, 3.63) is 48.3 Å². The van der Waals surface area contributed by atoms with E-state index in [2.05, 4.69) is 22.1 Å². The van der Waals surface area contributed by atoms with Gasteiger partial charge in [-0.25, -0.2) is 4.79 Å². The summed E-state index contributed by atoms with van der Waals surface area (Å²) in [4.78, 5) is 23.7. The fraction of sp³-hybridized carbons (Fsp3) is 0.294. The van der Waals surface area contributed by atoms with Crippen molar-refractivity contribution in [2.45, 2.75) is 25.5 Å². The van der Waals surface area contributed by atoms with Gasteiger partial charge in [-0.05, 0) is 38.1 Å². The molecule has 7 nitrogen and oxygen atoms in total. The maximum Gasteiger partial charge on any atom is 0.338 e. The molecule has 1 N–H and O–H groups in total. The number of allylic oxidation sites excluding steroid dienone is 1. The normalized spacial score (nSPS) is 10.3. The average Bonchev–Trinajstić information content (AvgIpc) is 2.94. The monoisotopic (exact) mass is 360 g/mol. The molecule has 0 fully saturated rings. The van der Waals surface area contributed by atoms with Crippen molar-refractivity contribution in [2.24, 2.45) is 0 Å². The van der Waals surface area contributed by atoms with Gasteiger partial charge in [0.25, 0.3) is 0 Å². The lowest BCUT2D eigenvalue weighted by molar-refractivity contribution is -0.113. The van der Waals surface area contributed by atoms with Gasteiger partial charge < -0.3 is 14.6 Å². The molecule has 25 heavy (non-hydrogen) atoms. The summed E-state index contributed by atoms with van der Waals surface area (Å²) in [6.45, 7) is 8.23. The predicted octanol–water partition coefficient (Wildman–Crippen LogP) is 2.68. The summed E-state index contributed by atoms with van der Waals surface area (Å²) >= 11 is 1.31. The van der Waals surface area contributed by atoms with Crippen molar-refractivity contribution in [2.75, 3.05) is 17.7 Å². The van der Waals surface area contributed by atoms with E-state index in [0.717, 1.165) is 5.82 Å². The van der Waals surface area contributed by atoms with E-state index >= 15 is 0 Å². The lowest BCUT2D eigenvalue weighted by Gasteiger charge is -2.07. The van der Waals surface area contributed by atoms with Gasteiger partial charge in [0.05, 0.1) is 17.9 Å². The second kappa shape index (κ2) is 9.03. The van der Waals surface area contributed by atoms with Crippen LogP contribution in [0.4, 0.5) is 5.69 Å². The van der Waals surface area contributed by atoms with E-state index in [4.69, 9.17) is 4.74 Å². The van der Waals surface area contributed by atoms with Gasteiger partial charge in [0, 0.05) is 12.2 Å². The van der Waals surface area contributed by atoms with E-state index in [1.165, 1.54) is 11.8 Å². The molecule has 2 aromatic rings. The summed E-state index contributed by atoms with van der Waals surface area (Å²) in [5.41, 5.74) is 1.06. The number of aromatic nitrogens is 3. The Morgan fingerprint density at radius 1 is 1.32 bits per heavy atom. The number of ether oxygens (including phenoxy) is 1. The molecule has 0 aliphatic rings. The third-order valence-electron chi connectivity index (χ3n) is 3.23.